The molecule has 0 radical (unpaired) electrons. The molecule has 0 saturated heterocycles. The van der Waals surface area contributed by atoms with E-state index in [0.29, 0.717) is 16.5 Å². The van der Waals surface area contributed by atoms with Gasteiger partial charge in [0.15, 0.2) is 0 Å². The molecule has 162 valence electrons. The monoisotopic (exact) mass is 465 g/mol. The van der Waals surface area contributed by atoms with E-state index in [-0.39, 0.29) is 10.1 Å². The molecule has 0 saturated carbocycles. The summed E-state index contributed by atoms with van der Waals surface area (Å²) in [5, 5.41) is 18.5. The number of carbonyl (C=O) groups is 1. The molecule has 0 fully saturated rings. The number of hydrogen-bond acceptors (Lipinski definition) is 5. The van der Waals surface area contributed by atoms with Crippen LogP contribution in [-0.4, -0.2) is 25.8 Å². The Morgan fingerprint density at radius 2 is 1.75 bits per heavy atom. The molecule has 2 aromatic carbocycles. The van der Waals surface area contributed by atoms with E-state index in [2.05, 4.69) is 26.9 Å². The molecule has 0 unspecified atom stereocenters. The summed E-state index contributed by atoms with van der Waals surface area (Å²) in [6.07, 6.45) is 1.63. The van der Waals surface area contributed by atoms with Crippen molar-refractivity contribution in [3.8, 4) is 17.1 Å². The SMILES string of the molecule is Cc1ccc(-n2c(C)cc(/C=C(\Sc3nnc(-c4ccc(Cl)cc4)o3)C(=O)O)c2C)cc1. The first-order chi connectivity index (χ1) is 15.3. The number of halogens is 1. The molecule has 2 aromatic heterocycles. The molecule has 0 spiro atoms. The zero-order chi connectivity index (χ0) is 22.8. The molecule has 4 rings (SSSR count). The van der Waals surface area contributed by atoms with Crippen LogP contribution in [0.3, 0.4) is 0 Å². The van der Waals surface area contributed by atoms with Gasteiger partial charge in [-0.15, -0.1) is 10.2 Å². The zero-order valence-corrected chi connectivity index (χ0v) is 19.2. The van der Waals surface area contributed by atoms with Crippen LogP contribution >= 0.6 is 23.4 Å². The number of nitrogens with zero attached hydrogens (tertiary/aromatic N) is 3. The van der Waals surface area contributed by atoms with Gasteiger partial charge < -0.3 is 14.1 Å². The van der Waals surface area contributed by atoms with Gasteiger partial charge in [0.2, 0.25) is 5.89 Å². The summed E-state index contributed by atoms with van der Waals surface area (Å²) in [6.45, 7) is 6.00. The minimum absolute atomic E-state index is 0.0838. The molecule has 8 heteroatoms. The van der Waals surface area contributed by atoms with Gasteiger partial charge in [-0.05, 0) is 86.6 Å². The van der Waals surface area contributed by atoms with Gasteiger partial charge in [0.05, 0.1) is 0 Å². The van der Waals surface area contributed by atoms with Crippen LogP contribution in [0.25, 0.3) is 23.2 Å². The van der Waals surface area contributed by atoms with Crippen LogP contribution < -0.4 is 0 Å². The summed E-state index contributed by atoms with van der Waals surface area (Å²) >= 11 is 6.83. The fourth-order valence-electron chi connectivity index (χ4n) is 3.36. The van der Waals surface area contributed by atoms with Gasteiger partial charge in [0.25, 0.3) is 5.22 Å². The topological polar surface area (TPSA) is 81.2 Å². The number of aliphatic carboxylic acids is 1. The Hall–Kier alpha value is -3.29. The van der Waals surface area contributed by atoms with Crippen molar-refractivity contribution in [2.45, 2.75) is 26.0 Å². The number of thioether (sulfide) groups is 1. The maximum Gasteiger partial charge on any atom is 0.342 e. The highest BCUT2D eigenvalue weighted by Gasteiger charge is 2.18. The molecule has 6 nitrogen and oxygen atoms in total. The van der Waals surface area contributed by atoms with Crippen LogP contribution in [0, 0.1) is 20.8 Å². The fraction of sp³-hybridized carbons (Fsp3) is 0.125. The van der Waals surface area contributed by atoms with Crippen molar-refractivity contribution in [2.24, 2.45) is 0 Å². The van der Waals surface area contributed by atoms with E-state index >= 15 is 0 Å². The minimum Gasteiger partial charge on any atom is -0.477 e. The predicted octanol–water partition coefficient (Wildman–Crippen LogP) is 6.32. The Balaban J connectivity index is 1.63. The number of aromatic nitrogens is 3. The van der Waals surface area contributed by atoms with Crippen LogP contribution in [-0.2, 0) is 4.79 Å². The molecule has 32 heavy (non-hydrogen) atoms. The molecule has 1 N–H and O–H groups in total. The van der Waals surface area contributed by atoms with E-state index < -0.39 is 5.97 Å². The Morgan fingerprint density at radius 3 is 2.41 bits per heavy atom. The van der Waals surface area contributed by atoms with E-state index in [1.54, 1.807) is 30.3 Å². The maximum absolute atomic E-state index is 11.9. The van der Waals surface area contributed by atoms with Gasteiger partial charge in [-0.3, -0.25) is 0 Å². The van der Waals surface area contributed by atoms with Gasteiger partial charge in [0, 0.05) is 27.7 Å². The summed E-state index contributed by atoms with van der Waals surface area (Å²) < 4.78 is 7.75. The van der Waals surface area contributed by atoms with Crippen LogP contribution in [0.15, 0.2) is 69.1 Å². The van der Waals surface area contributed by atoms with Gasteiger partial charge in [0.1, 0.15) is 4.91 Å². The summed E-state index contributed by atoms with van der Waals surface area (Å²) in [7, 11) is 0. The van der Waals surface area contributed by atoms with Crippen molar-refractivity contribution in [3.63, 3.8) is 0 Å². The van der Waals surface area contributed by atoms with Crippen LogP contribution in [0.5, 0.6) is 0 Å². The Morgan fingerprint density at radius 1 is 1.06 bits per heavy atom. The summed E-state index contributed by atoms with van der Waals surface area (Å²) in [4.78, 5) is 12.0. The molecule has 4 aromatic rings. The summed E-state index contributed by atoms with van der Waals surface area (Å²) in [6, 6.07) is 17.1. The third-order valence-electron chi connectivity index (χ3n) is 4.95. The van der Waals surface area contributed by atoms with E-state index in [0.717, 1.165) is 34.4 Å². The van der Waals surface area contributed by atoms with Crippen LogP contribution in [0.1, 0.15) is 22.5 Å². The fourth-order valence-corrected chi connectivity index (χ4v) is 4.14. The van der Waals surface area contributed by atoms with Crippen LogP contribution in [0.4, 0.5) is 0 Å². The number of carboxylic acids is 1. The maximum atomic E-state index is 11.9. The van der Waals surface area contributed by atoms with Crippen molar-refractivity contribution >= 4 is 35.4 Å². The Kier molecular flexibility index (Phi) is 6.21. The third-order valence-corrected chi connectivity index (χ3v) is 6.06. The number of carboxylic acid groups (broad SMARTS) is 1. The highest BCUT2D eigenvalue weighted by molar-refractivity contribution is 8.03. The summed E-state index contributed by atoms with van der Waals surface area (Å²) in [5.74, 6) is -0.771. The Labute approximate surface area is 194 Å². The average molecular weight is 466 g/mol. The van der Waals surface area contributed by atoms with Crippen molar-refractivity contribution in [3.05, 3.63) is 87.0 Å². The second-order valence-corrected chi connectivity index (χ2v) is 8.72. The minimum atomic E-state index is -1.07. The quantitative estimate of drug-likeness (QED) is 0.265. The highest BCUT2D eigenvalue weighted by Crippen LogP contribution is 2.32. The first kappa shape index (κ1) is 21.9. The van der Waals surface area contributed by atoms with E-state index in [9.17, 15) is 9.90 Å². The molecule has 0 atom stereocenters. The summed E-state index contributed by atoms with van der Waals surface area (Å²) in [5.41, 5.74) is 5.67. The largest absolute Gasteiger partial charge is 0.477 e. The van der Waals surface area contributed by atoms with Crippen molar-refractivity contribution < 1.29 is 14.3 Å². The van der Waals surface area contributed by atoms with Crippen LogP contribution in [0.2, 0.25) is 5.02 Å². The first-order valence-corrected chi connectivity index (χ1v) is 11.0. The molecule has 2 heterocycles. The molecule has 0 amide bonds. The van der Waals surface area contributed by atoms with Gasteiger partial charge in [-0.2, -0.15) is 0 Å². The van der Waals surface area contributed by atoms with Gasteiger partial charge in [-0.1, -0.05) is 29.3 Å². The molecular formula is C24H20ClN3O3S. The lowest BCUT2D eigenvalue weighted by Gasteiger charge is -2.10. The normalized spacial score (nSPS) is 11.7. The lowest BCUT2D eigenvalue weighted by molar-refractivity contribution is -0.131. The number of rotatable bonds is 6. The van der Waals surface area contributed by atoms with Crippen molar-refractivity contribution in [2.75, 3.05) is 0 Å². The average Bonchev–Trinajstić information content (AvgIpc) is 3.33. The third kappa shape index (κ3) is 4.64. The second-order valence-electron chi connectivity index (χ2n) is 7.29. The predicted molar refractivity (Wildman–Crippen MR) is 126 cm³/mol. The number of aryl methyl sites for hydroxylation is 2. The molecule has 0 aliphatic rings. The smallest absolute Gasteiger partial charge is 0.342 e. The molecular weight excluding hydrogens is 446 g/mol. The standard InChI is InChI=1S/C24H20ClN3O3S/c1-14-4-10-20(11-5-14)28-15(2)12-18(16(28)3)13-21(23(29)30)32-24-27-26-22(31-24)17-6-8-19(25)9-7-17/h4-13H,1-3H3,(H,29,30)/b21-13-. The molecule has 0 bridgehead atoms. The van der Waals surface area contributed by atoms with E-state index in [1.165, 1.54) is 5.56 Å². The lowest BCUT2D eigenvalue weighted by Crippen LogP contribution is -2.00. The second kappa shape index (κ2) is 9.06. The number of hydrogen-bond donors (Lipinski definition) is 1. The van der Waals surface area contributed by atoms with Gasteiger partial charge in [-0.25, -0.2) is 4.79 Å². The highest BCUT2D eigenvalue weighted by atomic mass is 35.5. The Bertz CT molecular complexity index is 1310. The number of benzene rings is 2. The van der Waals surface area contributed by atoms with E-state index in [1.807, 2.05) is 39.0 Å². The molecule has 0 aliphatic carbocycles. The zero-order valence-electron chi connectivity index (χ0n) is 17.7. The lowest BCUT2D eigenvalue weighted by atomic mass is 10.2. The van der Waals surface area contributed by atoms with Crippen molar-refractivity contribution in [1.29, 1.82) is 0 Å². The molecule has 0 aliphatic heterocycles. The van der Waals surface area contributed by atoms with E-state index in [4.69, 9.17) is 16.0 Å². The van der Waals surface area contributed by atoms with Crippen molar-refractivity contribution in [1.82, 2.24) is 14.8 Å². The van der Waals surface area contributed by atoms with Gasteiger partial charge >= 0.3 is 5.97 Å². The first-order valence-electron chi connectivity index (χ1n) is 9.80.